The molecule has 0 aliphatic rings. The van der Waals surface area contributed by atoms with Gasteiger partial charge >= 0.3 is 0 Å². The Bertz CT molecular complexity index is 2760. The van der Waals surface area contributed by atoms with E-state index in [2.05, 4.69) is 194 Å². The van der Waals surface area contributed by atoms with Crippen molar-refractivity contribution in [2.75, 3.05) is 0 Å². The minimum Gasteiger partial charge on any atom is -0.256 e. The monoisotopic (exact) mass is 660 g/mol. The Balaban J connectivity index is 1.24. The van der Waals surface area contributed by atoms with Crippen LogP contribution in [0.1, 0.15) is 11.1 Å². The maximum Gasteiger partial charge on any atom is 0.0715 e. The molecule has 52 heavy (non-hydrogen) atoms. The molecule has 0 spiro atoms. The van der Waals surface area contributed by atoms with Crippen LogP contribution in [0.25, 0.3) is 75.8 Å². The van der Waals surface area contributed by atoms with Gasteiger partial charge in [0.05, 0.1) is 11.4 Å². The van der Waals surface area contributed by atoms with Gasteiger partial charge in [-0.3, -0.25) is 9.98 Å². The van der Waals surface area contributed by atoms with Gasteiger partial charge < -0.3 is 0 Å². The molecule has 0 unspecified atom stereocenters. The Labute approximate surface area is 301 Å². The fraction of sp³-hybridized carbons (Fsp3) is 0. The maximum atomic E-state index is 5.37. The topological polar surface area (TPSA) is 24.7 Å². The standard InChI is InChI=1S/C50H32N2/c1-11-23-43-33(13-1)25-27-47(51-31-45-39-19-7-3-15-35(39)29-36-16-4-8-20-40(36)45)49(43)50-44-24-12-2-14-34(44)26-28-48(50)52-32-46-41-21-9-5-17-37(41)30-38-18-6-10-22-42(38)46/h1-32H/b51-31-,52-32+. The first-order valence-corrected chi connectivity index (χ1v) is 17.7. The summed E-state index contributed by atoms with van der Waals surface area (Å²) in [6, 6.07) is 64.8. The molecular weight excluding hydrogens is 629 g/mol. The third-order valence-electron chi connectivity index (χ3n) is 10.4. The maximum absolute atomic E-state index is 5.37. The summed E-state index contributed by atoms with van der Waals surface area (Å²) in [6.45, 7) is 0. The molecule has 0 aromatic heterocycles. The fourth-order valence-electron chi connectivity index (χ4n) is 7.90. The van der Waals surface area contributed by atoms with Crippen molar-refractivity contribution < 1.29 is 0 Å². The molecule has 242 valence electrons. The Morgan fingerprint density at radius 1 is 0.269 bits per heavy atom. The van der Waals surface area contributed by atoms with Crippen molar-refractivity contribution in [2.24, 2.45) is 9.98 Å². The molecule has 10 aromatic carbocycles. The molecule has 0 fully saturated rings. The number of aliphatic imine (C=N–C) groups is 2. The second kappa shape index (κ2) is 12.5. The Kier molecular flexibility index (Phi) is 7.18. The van der Waals surface area contributed by atoms with Gasteiger partial charge in [-0.25, -0.2) is 0 Å². The summed E-state index contributed by atoms with van der Waals surface area (Å²) in [5.41, 5.74) is 6.19. The number of benzene rings is 10. The predicted molar refractivity (Wildman–Crippen MR) is 224 cm³/mol. The van der Waals surface area contributed by atoms with E-state index >= 15 is 0 Å². The lowest BCUT2D eigenvalue weighted by Gasteiger charge is -2.16. The van der Waals surface area contributed by atoms with Crippen molar-refractivity contribution in [1.29, 1.82) is 0 Å². The highest BCUT2D eigenvalue weighted by molar-refractivity contribution is 6.18. The average molecular weight is 661 g/mol. The average Bonchev–Trinajstić information content (AvgIpc) is 3.20. The molecule has 0 aliphatic heterocycles. The van der Waals surface area contributed by atoms with Crippen LogP contribution in [0.3, 0.4) is 0 Å². The Morgan fingerprint density at radius 3 is 0.904 bits per heavy atom. The van der Waals surface area contributed by atoms with Crippen LogP contribution in [0.4, 0.5) is 11.4 Å². The molecule has 2 nitrogen and oxygen atoms in total. The molecule has 0 heterocycles. The molecule has 0 N–H and O–H groups in total. The molecule has 2 heteroatoms. The van der Waals surface area contributed by atoms with E-state index in [0.29, 0.717) is 0 Å². The second-order valence-electron chi connectivity index (χ2n) is 13.3. The summed E-state index contributed by atoms with van der Waals surface area (Å²) in [6.07, 6.45) is 4.13. The summed E-state index contributed by atoms with van der Waals surface area (Å²) in [5.74, 6) is 0. The van der Waals surface area contributed by atoms with Crippen molar-refractivity contribution in [3.8, 4) is 11.1 Å². The molecule has 0 atom stereocenters. The normalized spacial score (nSPS) is 12.1. The zero-order chi connectivity index (χ0) is 34.4. The lowest BCUT2D eigenvalue weighted by Crippen LogP contribution is -1.91. The van der Waals surface area contributed by atoms with Crippen molar-refractivity contribution in [3.05, 3.63) is 193 Å². The molecule has 0 bridgehead atoms. The van der Waals surface area contributed by atoms with E-state index in [1.807, 2.05) is 0 Å². The first-order valence-electron chi connectivity index (χ1n) is 17.7. The summed E-state index contributed by atoms with van der Waals surface area (Å²) in [4.78, 5) is 10.7. The van der Waals surface area contributed by atoms with E-state index in [4.69, 9.17) is 9.98 Å². The molecule has 0 radical (unpaired) electrons. The third kappa shape index (κ3) is 5.04. The second-order valence-corrected chi connectivity index (χ2v) is 13.3. The van der Waals surface area contributed by atoms with Crippen molar-refractivity contribution in [2.45, 2.75) is 0 Å². The molecular formula is C50H32N2. The van der Waals surface area contributed by atoms with Crippen LogP contribution in [0.2, 0.25) is 0 Å². The van der Waals surface area contributed by atoms with Crippen LogP contribution in [-0.2, 0) is 0 Å². The molecule has 0 saturated heterocycles. The number of hydrogen-bond acceptors (Lipinski definition) is 2. The minimum absolute atomic E-state index is 0.902. The van der Waals surface area contributed by atoms with Crippen LogP contribution in [0.5, 0.6) is 0 Å². The fourth-order valence-corrected chi connectivity index (χ4v) is 7.90. The smallest absolute Gasteiger partial charge is 0.0715 e. The van der Waals surface area contributed by atoms with Gasteiger partial charge in [0.1, 0.15) is 0 Å². The predicted octanol–water partition coefficient (Wildman–Crippen LogP) is 13.8. The number of fused-ring (bicyclic) bond motifs is 6. The number of rotatable bonds is 5. The first-order chi connectivity index (χ1) is 25.8. The zero-order valence-corrected chi connectivity index (χ0v) is 28.4. The molecule has 0 saturated carbocycles. The summed E-state index contributed by atoms with van der Waals surface area (Å²) < 4.78 is 0. The van der Waals surface area contributed by atoms with Crippen LogP contribution in [0.15, 0.2) is 192 Å². The number of nitrogens with zero attached hydrogens (tertiary/aromatic N) is 2. The van der Waals surface area contributed by atoms with E-state index in [1.165, 1.54) is 43.1 Å². The lowest BCUT2D eigenvalue weighted by molar-refractivity contribution is 1.51. The number of hydrogen-bond donors (Lipinski definition) is 0. The molecule has 0 amide bonds. The molecule has 0 aliphatic carbocycles. The van der Waals surface area contributed by atoms with Crippen LogP contribution >= 0.6 is 0 Å². The van der Waals surface area contributed by atoms with Crippen molar-refractivity contribution >= 4 is 88.4 Å². The van der Waals surface area contributed by atoms with Gasteiger partial charge in [-0.05, 0) is 88.9 Å². The largest absolute Gasteiger partial charge is 0.256 e. The van der Waals surface area contributed by atoms with Crippen molar-refractivity contribution in [3.63, 3.8) is 0 Å². The third-order valence-corrected chi connectivity index (χ3v) is 10.4. The van der Waals surface area contributed by atoms with Crippen LogP contribution in [-0.4, -0.2) is 12.4 Å². The first kappa shape index (κ1) is 30.0. The van der Waals surface area contributed by atoms with E-state index < -0.39 is 0 Å². The van der Waals surface area contributed by atoms with Gasteiger partial charge in [-0.15, -0.1) is 0 Å². The SMILES string of the molecule is C(=N/c1ccc2ccccc2c1-c1c(/N=C/c2c3ccccc3cc3ccccc23)ccc2ccccc12)/c1c2ccccc2cc2ccccc12. The van der Waals surface area contributed by atoms with Gasteiger partial charge in [-0.2, -0.15) is 0 Å². The summed E-state index contributed by atoms with van der Waals surface area (Å²) >= 11 is 0. The molecule has 10 aromatic rings. The van der Waals surface area contributed by atoms with E-state index in [-0.39, 0.29) is 0 Å². The van der Waals surface area contributed by atoms with Gasteiger partial charge in [0.15, 0.2) is 0 Å². The molecule has 10 rings (SSSR count). The zero-order valence-electron chi connectivity index (χ0n) is 28.4. The highest BCUT2D eigenvalue weighted by atomic mass is 14.7. The summed E-state index contributed by atoms with van der Waals surface area (Å²) in [5, 5.41) is 14.2. The highest BCUT2D eigenvalue weighted by Gasteiger charge is 2.17. The van der Waals surface area contributed by atoms with Crippen molar-refractivity contribution in [1.82, 2.24) is 0 Å². The minimum atomic E-state index is 0.902. The van der Waals surface area contributed by atoms with E-state index in [0.717, 1.165) is 55.2 Å². The van der Waals surface area contributed by atoms with Gasteiger partial charge in [0, 0.05) is 34.7 Å². The van der Waals surface area contributed by atoms with Crippen LogP contribution < -0.4 is 0 Å². The quantitative estimate of drug-likeness (QED) is 0.130. The Hall–Kier alpha value is -6.90. The lowest BCUT2D eigenvalue weighted by atomic mass is 9.91. The van der Waals surface area contributed by atoms with E-state index in [9.17, 15) is 0 Å². The summed E-state index contributed by atoms with van der Waals surface area (Å²) in [7, 11) is 0. The van der Waals surface area contributed by atoms with E-state index in [1.54, 1.807) is 0 Å². The van der Waals surface area contributed by atoms with Gasteiger partial charge in [-0.1, -0.05) is 158 Å². The Morgan fingerprint density at radius 2 is 0.558 bits per heavy atom. The highest BCUT2D eigenvalue weighted by Crippen LogP contribution is 2.46. The van der Waals surface area contributed by atoms with Gasteiger partial charge in [0.2, 0.25) is 0 Å². The van der Waals surface area contributed by atoms with Crippen LogP contribution in [0, 0.1) is 0 Å². The van der Waals surface area contributed by atoms with Gasteiger partial charge in [0.25, 0.3) is 0 Å².